The number of thioether (sulfide) groups is 1. The quantitative estimate of drug-likeness (QED) is 0.603. The molecule has 0 bridgehead atoms. The minimum atomic E-state index is -0.0746. The average molecular weight is 429 g/mol. The Labute approximate surface area is 181 Å². The third kappa shape index (κ3) is 6.42. The number of hydrogen-bond donors (Lipinski definition) is 2. The van der Waals surface area contributed by atoms with Gasteiger partial charge in [-0.1, -0.05) is 18.2 Å². The maximum absolute atomic E-state index is 12.2. The zero-order valence-corrected chi connectivity index (χ0v) is 18.3. The lowest BCUT2D eigenvalue weighted by Crippen LogP contribution is -2.15. The van der Waals surface area contributed by atoms with Crippen molar-refractivity contribution < 1.29 is 19.1 Å². The Balaban J connectivity index is 1.35. The number of rotatable bonds is 8. The van der Waals surface area contributed by atoms with Gasteiger partial charge in [-0.2, -0.15) is 11.8 Å². The van der Waals surface area contributed by atoms with Gasteiger partial charge in [-0.15, -0.1) is 0 Å². The molecule has 2 aromatic rings. The molecule has 0 radical (unpaired) electrons. The summed E-state index contributed by atoms with van der Waals surface area (Å²) in [5, 5.41) is 5.87. The number of carbonyl (C=O) groups is 2. The fourth-order valence-electron chi connectivity index (χ4n) is 3.15. The number of aryl methyl sites for hydroxylation is 2. The van der Waals surface area contributed by atoms with Gasteiger partial charge in [0.2, 0.25) is 11.8 Å². The minimum absolute atomic E-state index is 0.00430. The van der Waals surface area contributed by atoms with Crippen LogP contribution in [0.4, 0.5) is 11.4 Å². The molecule has 2 amide bonds. The second-order valence-electron chi connectivity index (χ2n) is 7.23. The molecular formula is C23H28N2O4S. The Morgan fingerprint density at radius 1 is 0.967 bits per heavy atom. The molecule has 0 aromatic heterocycles. The molecule has 3 rings (SSSR count). The molecule has 0 unspecified atom stereocenters. The van der Waals surface area contributed by atoms with Crippen LogP contribution in [0.2, 0.25) is 0 Å². The van der Waals surface area contributed by atoms with E-state index in [0.717, 1.165) is 35.4 Å². The molecule has 7 heteroatoms. The molecule has 1 aliphatic rings. The van der Waals surface area contributed by atoms with E-state index in [2.05, 4.69) is 10.6 Å². The highest BCUT2D eigenvalue weighted by molar-refractivity contribution is 7.99. The fourth-order valence-corrected chi connectivity index (χ4v) is 3.90. The fraction of sp³-hybridized carbons (Fsp3) is 0.391. The van der Waals surface area contributed by atoms with Gasteiger partial charge < -0.3 is 20.1 Å². The van der Waals surface area contributed by atoms with Gasteiger partial charge in [0.15, 0.2) is 11.5 Å². The molecule has 0 spiro atoms. The molecule has 30 heavy (non-hydrogen) atoms. The van der Waals surface area contributed by atoms with Crippen molar-refractivity contribution in [3.8, 4) is 11.5 Å². The molecule has 0 aliphatic carbocycles. The molecule has 1 aliphatic heterocycles. The number of amides is 2. The number of benzene rings is 2. The monoisotopic (exact) mass is 428 g/mol. The van der Waals surface area contributed by atoms with Crippen LogP contribution in [-0.2, 0) is 9.59 Å². The predicted molar refractivity (Wildman–Crippen MR) is 122 cm³/mol. The lowest BCUT2D eigenvalue weighted by Gasteiger charge is -2.11. The topological polar surface area (TPSA) is 76.7 Å². The zero-order chi connectivity index (χ0) is 21.3. The summed E-state index contributed by atoms with van der Waals surface area (Å²) in [5.74, 6) is 2.38. The second kappa shape index (κ2) is 10.9. The van der Waals surface area contributed by atoms with Crippen molar-refractivity contribution in [2.24, 2.45) is 0 Å². The molecule has 0 atom stereocenters. The predicted octanol–water partition coefficient (Wildman–Crippen LogP) is 4.56. The molecule has 0 fully saturated rings. The Morgan fingerprint density at radius 2 is 1.70 bits per heavy atom. The molecule has 1 heterocycles. The van der Waals surface area contributed by atoms with E-state index in [0.29, 0.717) is 42.6 Å². The third-order valence-corrected chi connectivity index (χ3v) is 5.75. The number of ether oxygens (including phenoxy) is 2. The van der Waals surface area contributed by atoms with Crippen molar-refractivity contribution in [2.45, 2.75) is 33.1 Å². The van der Waals surface area contributed by atoms with Crippen LogP contribution >= 0.6 is 11.8 Å². The largest absolute Gasteiger partial charge is 0.490 e. The number of para-hydroxylation sites is 1. The van der Waals surface area contributed by atoms with Gasteiger partial charge in [-0.25, -0.2) is 0 Å². The molecule has 0 saturated carbocycles. The maximum Gasteiger partial charge on any atom is 0.234 e. The number of nitrogens with one attached hydrogen (secondary N) is 2. The van der Waals surface area contributed by atoms with E-state index >= 15 is 0 Å². The van der Waals surface area contributed by atoms with Gasteiger partial charge in [0.25, 0.3) is 0 Å². The van der Waals surface area contributed by atoms with E-state index in [1.54, 1.807) is 6.07 Å². The standard InChI is InChI=1S/C23H28N2O4S/c1-16-6-3-7-17(2)23(16)25-21(26)8-4-13-30-15-22(27)24-18-9-10-19-20(14-18)29-12-5-11-28-19/h3,6-7,9-10,14H,4-5,8,11-13,15H2,1-2H3,(H,24,27)(H,25,26). The minimum Gasteiger partial charge on any atom is -0.490 e. The highest BCUT2D eigenvalue weighted by atomic mass is 32.2. The average Bonchev–Trinajstić information content (AvgIpc) is 2.95. The summed E-state index contributed by atoms with van der Waals surface area (Å²) in [5.41, 5.74) is 3.70. The number of fused-ring (bicyclic) bond motifs is 1. The van der Waals surface area contributed by atoms with Crippen LogP contribution in [0, 0.1) is 13.8 Å². The van der Waals surface area contributed by atoms with Crippen LogP contribution in [0.3, 0.4) is 0 Å². The summed E-state index contributed by atoms with van der Waals surface area (Å²) in [6, 6.07) is 11.4. The van der Waals surface area contributed by atoms with Crippen molar-refractivity contribution in [3.63, 3.8) is 0 Å². The first kappa shape index (κ1) is 22.0. The van der Waals surface area contributed by atoms with Gasteiger partial charge in [0, 0.05) is 30.3 Å². The number of anilines is 2. The first-order valence-electron chi connectivity index (χ1n) is 10.2. The number of carbonyl (C=O) groups excluding carboxylic acids is 2. The first-order chi connectivity index (χ1) is 14.5. The van der Waals surface area contributed by atoms with Crippen LogP contribution in [0.5, 0.6) is 11.5 Å². The Bertz CT molecular complexity index is 881. The van der Waals surface area contributed by atoms with E-state index in [-0.39, 0.29) is 11.8 Å². The molecule has 2 N–H and O–H groups in total. The van der Waals surface area contributed by atoms with Crippen molar-refractivity contribution >= 4 is 35.0 Å². The number of hydrogen-bond acceptors (Lipinski definition) is 5. The third-order valence-electron chi connectivity index (χ3n) is 4.70. The molecule has 0 saturated heterocycles. The SMILES string of the molecule is Cc1cccc(C)c1NC(=O)CCCSCC(=O)Nc1ccc2c(c1)OCCCO2. The first-order valence-corrected chi connectivity index (χ1v) is 11.3. The second-order valence-corrected chi connectivity index (χ2v) is 8.34. The summed E-state index contributed by atoms with van der Waals surface area (Å²) in [6.45, 7) is 5.22. The van der Waals surface area contributed by atoms with E-state index in [9.17, 15) is 9.59 Å². The lowest BCUT2D eigenvalue weighted by atomic mass is 10.1. The van der Waals surface area contributed by atoms with Crippen molar-refractivity contribution in [2.75, 3.05) is 35.4 Å². The zero-order valence-electron chi connectivity index (χ0n) is 17.5. The smallest absolute Gasteiger partial charge is 0.234 e. The molecule has 160 valence electrons. The Morgan fingerprint density at radius 3 is 2.47 bits per heavy atom. The molecule has 6 nitrogen and oxygen atoms in total. The van der Waals surface area contributed by atoms with E-state index in [1.807, 2.05) is 44.2 Å². The van der Waals surface area contributed by atoms with Crippen molar-refractivity contribution in [1.29, 1.82) is 0 Å². The van der Waals surface area contributed by atoms with Gasteiger partial charge in [0.1, 0.15) is 0 Å². The van der Waals surface area contributed by atoms with Gasteiger partial charge in [0.05, 0.1) is 19.0 Å². The van der Waals surface area contributed by atoms with Crippen LogP contribution in [0.15, 0.2) is 36.4 Å². The van der Waals surface area contributed by atoms with Crippen LogP contribution in [-0.4, -0.2) is 36.5 Å². The van der Waals surface area contributed by atoms with E-state index in [4.69, 9.17) is 9.47 Å². The molecule has 2 aromatic carbocycles. The maximum atomic E-state index is 12.2. The Kier molecular flexibility index (Phi) is 8.02. The Hall–Kier alpha value is -2.67. The van der Waals surface area contributed by atoms with Crippen LogP contribution in [0.25, 0.3) is 0 Å². The lowest BCUT2D eigenvalue weighted by molar-refractivity contribution is -0.116. The van der Waals surface area contributed by atoms with Crippen LogP contribution in [0.1, 0.15) is 30.4 Å². The van der Waals surface area contributed by atoms with Gasteiger partial charge >= 0.3 is 0 Å². The summed E-state index contributed by atoms with van der Waals surface area (Å²) in [6.07, 6.45) is 2.00. The highest BCUT2D eigenvalue weighted by Gasteiger charge is 2.12. The summed E-state index contributed by atoms with van der Waals surface area (Å²) in [7, 11) is 0. The van der Waals surface area contributed by atoms with Crippen LogP contribution < -0.4 is 20.1 Å². The summed E-state index contributed by atoms with van der Waals surface area (Å²) in [4.78, 5) is 24.4. The summed E-state index contributed by atoms with van der Waals surface area (Å²) < 4.78 is 11.2. The van der Waals surface area contributed by atoms with Crippen molar-refractivity contribution in [1.82, 2.24) is 0 Å². The van der Waals surface area contributed by atoms with Gasteiger partial charge in [-0.3, -0.25) is 9.59 Å². The normalized spacial score (nSPS) is 12.7. The molecular weight excluding hydrogens is 400 g/mol. The van der Waals surface area contributed by atoms with Gasteiger partial charge in [-0.05, 0) is 49.3 Å². The van der Waals surface area contributed by atoms with Crippen molar-refractivity contribution in [3.05, 3.63) is 47.5 Å². The summed E-state index contributed by atoms with van der Waals surface area (Å²) >= 11 is 1.52. The van der Waals surface area contributed by atoms with E-state index in [1.165, 1.54) is 11.8 Å². The van der Waals surface area contributed by atoms with E-state index < -0.39 is 0 Å². The highest BCUT2D eigenvalue weighted by Crippen LogP contribution is 2.32.